The molecule has 8 heteroatoms. The van der Waals surface area contributed by atoms with E-state index in [1.807, 2.05) is 119 Å². The molecule has 3 aromatic heterocycles. The Balaban J connectivity index is 1.10. The van der Waals surface area contributed by atoms with Crippen LogP contribution in [-0.4, -0.2) is 35.7 Å². The number of nitrogens with one attached hydrogen (secondary N) is 1. The fourth-order valence-electron chi connectivity index (χ4n) is 6.59. The van der Waals surface area contributed by atoms with Crippen molar-refractivity contribution in [3.63, 3.8) is 0 Å². The predicted molar refractivity (Wildman–Crippen MR) is 196 cm³/mol. The molecule has 50 heavy (non-hydrogen) atoms. The molecule has 0 aliphatic carbocycles. The standard InChI is InChI=1S/C42H33N7O/c50-41(44-37-29-43-48(30-37)27-26-31-14-5-1-6-15-31)33-17-13-16-32(28-33)38-24-25-39-40(45-38)46-47-49(39)42(34-18-7-2-8-19-34,35-20-9-3-10-21-35)36-22-11-4-12-23-36/h1-25,28-30H,26-27H2,(H,44,50). The van der Waals surface area contributed by atoms with E-state index in [0.29, 0.717) is 22.6 Å². The molecular weight excluding hydrogens is 619 g/mol. The Labute approximate surface area is 289 Å². The van der Waals surface area contributed by atoms with E-state index >= 15 is 0 Å². The maximum atomic E-state index is 13.3. The van der Waals surface area contributed by atoms with Crippen LogP contribution in [0.25, 0.3) is 22.4 Å². The molecule has 8 rings (SSSR count). The maximum Gasteiger partial charge on any atom is 0.255 e. The lowest BCUT2D eigenvalue weighted by Gasteiger charge is -2.36. The molecule has 0 saturated carbocycles. The van der Waals surface area contributed by atoms with Crippen molar-refractivity contribution < 1.29 is 4.79 Å². The second-order valence-electron chi connectivity index (χ2n) is 12.1. The van der Waals surface area contributed by atoms with Crippen molar-refractivity contribution in [3.05, 3.63) is 198 Å². The second-order valence-corrected chi connectivity index (χ2v) is 12.1. The molecule has 1 amide bonds. The van der Waals surface area contributed by atoms with Crippen LogP contribution in [0.5, 0.6) is 0 Å². The number of aromatic nitrogens is 6. The Morgan fingerprint density at radius 3 is 1.94 bits per heavy atom. The van der Waals surface area contributed by atoms with E-state index in [2.05, 4.69) is 64.0 Å². The SMILES string of the molecule is O=C(Nc1cnn(CCc2ccccc2)c1)c1cccc(-c2ccc3c(nnn3C(c3ccccc3)(c3ccccc3)c3ccccc3)n2)c1. The molecule has 242 valence electrons. The molecule has 0 aliphatic heterocycles. The van der Waals surface area contributed by atoms with E-state index in [-0.39, 0.29) is 5.91 Å². The molecule has 0 spiro atoms. The Morgan fingerprint density at radius 2 is 1.30 bits per heavy atom. The van der Waals surface area contributed by atoms with Gasteiger partial charge in [-0.25, -0.2) is 9.67 Å². The number of carbonyl (C=O) groups is 1. The highest BCUT2D eigenvalue weighted by Crippen LogP contribution is 2.41. The first-order chi connectivity index (χ1) is 24.7. The minimum atomic E-state index is -0.810. The topological polar surface area (TPSA) is 90.5 Å². The molecule has 3 heterocycles. The zero-order chi connectivity index (χ0) is 33.8. The number of carbonyl (C=O) groups excluding carboxylic acids is 1. The van der Waals surface area contributed by atoms with Gasteiger partial charge in [-0.3, -0.25) is 9.48 Å². The largest absolute Gasteiger partial charge is 0.319 e. The van der Waals surface area contributed by atoms with Gasteiger partial charge in [0.15, 0.2) is 0 Å². The van der Waals surface area contributed by atoms with Crippen LogP contribution in [0, 0.1) is 0 Å². The summed E-state index contributed by atoms with van der Waals surface area (Å²) in [5.41, 5.74) is 7.51. The second kappa shape index (κ2) is 13.4. The van der Waals surface area contributed by atoms with E-state index in [0.717, 1.165) is 40.7 Å². The van der Waals surface area contributed by atoms with Crippen LogP contribution < -0.4 is 5.32 Å². The zero-order valence-corrected chi connectivity index (χ0v) is 27.2. The first-order valence-electron chi connectivity index (χ1n) is 16.6. The van der Waals surface area contributed by atoms with Gasteiger partial charge in [0.05, 0.1) is 17.6 Å². The molecule has 0 bridgehead atoms. The van der Waals surface area contributed by atoms with Crippen molar-refractivity contribution in [2.75, 3.05) is 5.32 Å². The summed E-state index contributed by atoms with van der Waals surface area (Å²) in [7, 11) is 0. The molecule has 8 nitrogen and oxygen atoms in total. The summed E-state index contributed by atoms with van der Waals surface area (Å²) in [4.78, 5) is 18.3. The highest BCUT2D eigenvalue weighted by Gasteiger charge is 2.40. The van der Waals surface area contributed by atoms with Gasteiger partial charge in [0.2, 0.25) is 5.65 Å². The number of anilines is 1. The van der Waals surface area contributed by atoms with E-state index in [4.69, 9.17) is 10.2 Å². The van der Waals surface area contributed by atoms with Gasteiger partial charge in [0.1, 0.15) is 11.1 Å². The van der Waals surface area contributed by atoms with Crippen LogP contribution in [0.3, 0.4) is 0 Å². The van der Waals surface area contributed by atoms with Crippen molar-refractivity contribution in [1.82, 2.24) is 29.8 Å². The number of nitrogens with zero attached hydrogens (tertiary/aromatic N) is 6. The number of pyridine rings is 1. The molecular formula is C42H33N7O. The van der Waals surface area contributed by atoms with Crippen LogP contribution in [0.2, 0.25) is 0 Å². The van der Waals surface area contributed by atoms with E-state index in [1.165, 1.54) is 5.56 Å². The van der Waals surface area contributed by atoms with Gasteiger partial charge in [-0.1, -0.05) is 139 Å². The fraction of sp³-hybridized carbons (Fsp3) is 0.0714. The van der Waals surface area contributed by atoms with Gasteiger partial charge in [-0.2, -0.15) is 5.10 Å². The summed E-state index contributed by atoms with van der Waals surface area (Å²) >= 11 is 0. The number of hydrogen-bond acceptors (Lipinski definition) is 5. The normalized spacial score (nSPS) is 11.4. The minimum absolute atomic E-state index is 0.222. The Morgan fingerprint density at radius 1 is 0.680 bits per heavy atom. The van der Waals surface area contributed by atoms with Crippen molar-refractivity contribution in [2.45, 2.75) is 18.5 Å². The number of hydrogen-bond donors (Lipinski definition) is 1. The van der Waals surface area contributed by atoms with Crippen LogP contribution >= 0.6 is 0 Å². The number of rotatable bonds is 10. The molecule has 0 aliphatic rings. The number of benzene rings is 5. The van der Waals surface area contributed by atoms with Crippen LogP contribution in [0.15, 0.2) is 170 Å². The van der Waals surface area contributed by atoms with E-state index in [9.17, 15) is 4.79 Å². The maximum absolute atomic E-state index is 13.3. The summed E-state index contributed by atoms with van der Waals surface area (Å²) in [5.74, 6) is -0.222. The number of fused-ring (bicyclic) bond motifs is 1. The van der Waals surface area contributed by atoms with Crippen LogP contribution in [-0.2, 0) is 18.5 Å². The van der Waals surface area contributed by atoms with Crippen molar-refractivity contribution in [2.24, 2.45) is 0 Å². The monoisotopic (exact) mass is 651 g/mol. The molecule has 0 radical (unpaired) electrons. The summed E-state index contributed by atoms with van der Waals surface area (Å²) in [6, 6.07) is 52.8. The molecule has 5 aromatic carbocycles. The van der Waals surface area contributed by atoms with Gasteiger partial charge in [-0.15, -0.1) is 5.10 Å². The van der Waals surface area contributed by atoms with Gasteiger partial charge in [0.25, 0.3) is 5.91 Å². The smallest absolute Gasteiger partial charge is 0.255 e. The first kappa shape index (κ1) is 30.7. The van der Waals surface area contributed by atoms with E-state index in [1.54, 1.807) is 12.3 Å². The summed E-state index contributed by atoms with van der Waals surface area (Å²) in [6.07, 6.45) is 4.38. The van der Waals surface area contributed by atoms with Gasteiger partial charge < -0.3 is 5.32 Å². The van der Waals surface area contributed by atoms with Crippen molar-refractivity contribution in [1.29, 1.82) is 0 Å². The highest BCUT2D eigenvalue weighted by atomic mass is 16.1. The first-order valence-corrected chi connectivity index (χ1v) is 16.6. The molecule has 1 N–H and O–H groups in total. The lowest BCUT2D eigenvalue weighted by molar-refractivity contribution is 0.102. The molecule has 0 saturated heterocycles. The quantitative estimate of drug-likeness (QED) is 0.151. The lowest BCUT2D eigenvalue weighted by Crippen LogP contribution is -2.38. The molecule has 0 unspecified atom stereocenters. The average molecular weight is 652 g/mol. The Bertz CT molecular complexity index is 2270. The Kier molecular flexibility index (Phi) is 8.24. The molecule has 0 fully saturated rings. The Hall–Kier alpha value is -6.67. The van der Waals surface area contributed by atoms with E-state index < -0.39 is 5.54 Å². The molecule has 0 atom stereocenters. The van der Waals surface area contributed by atoms with Gasteiger partial charge >= 0.3 is 0 Å². The van der Waals surface area contributed by atoms with Crippen LogP contribution in [0.1, 0.15) is 32.6 Å². The lowest BCUT2D eigenvalue weighted by atomic mass is 9.77. The predicted octanol–water partition coefficient (Wildman–Crippen LogP) is 8.03. The summed E-state index contributed by atoms with van der Waals surface area (Å²) in [6.45, 7) is 0.720. The van der Waals surface area contributed by atoms with Crippen molar-refractivity contribution >= 4 is 22.8 Å². The highest BCUT2D eigenvalue weighted by molar-refractivity contribution is 6.04. The third-order valence-corrected chi connectivity index (χ3v) is 8.99. The minimum Gasteiger partial charge on any atom is -0.319 e. The summed E-state index contributed by atoms with van der Waals surface area (Å²) in [5, 5.41) is 16.8. The van der Waals surface area contributed by atoms with Crippen LogP contribution in [0.4, 0.5) is 5.69 Å². The third-order valence-electron chi connectivity index (χ3n) is 8.99. The van der Waals surface area contributed by atoms with Crippen molar-refractivity contribution in [3.8, 4) is 11.3 Å². The molecule has 8 aromatic rings. The van der Waals surface area contributed by atoms with Gasteiger partial charge in [-0.05, 0) is 52.9 Å². The van der Waals surface area contributed by atoms with Gasteiger partial charge in [0, 0.05) is 23.9 Å². The number of aryl methyl sites for hydroxylation is 2. The fourth-order valence-corrected chi connectivity index (χ4v) is 6.59. The summed E-state index contributed by atoms with van der Waals surface area (Å²) < 4.78 is 3.82. The number of amides is 1. The average Bonchev–Trinajstić information content (AvgIpc) is 3.83. The third kappa shape index (κ3) is 5.84. The zero-order valence-electron chi connectivity index (χ0n) is 27.2.